The normalized spacial score (nSPS) is 10.5. The maximum absolute atomic E-state index is 11.9. The lowest BCUT2D eigenvalue weighted by atomic mass is 10.2. The van der Waals surface area contributed by atoms with Gasteiger partial charge in [-0.1, -0.05) is 11.6 Å². The molecule has 2 rings (SSSR count). The first-order valence-corrected chi connectivity index (χ1v) is 8.87. The van der Waals surface area contributed by atoms with Crippen LogP contribution in [0.1, 0.15) is 18.1 Å². The van der Waals surface area contributed by atoms with Gasteiger partial charge >= 0.3 is 5.97 Å². The lowest BCUT2D eigenvalue weighted by Gasteiger charge is -2.13. The number of ether oxygens (including phenoxy) is 4. The minimum atomic E-state index is -0.508. The molecule has 0 heterocycles. The van der Waals surface area contributed by atoms with Crippen LogP contribution in [0.3, 0.4) is 0 Å². The second-order valence-electron chi connectivity index (χ2n) is 5.84. The number of hydrogen-bond donors (Lipinski definition) is 1. The van der Waals surface area contributed by atoms with Gasteiger partial charge < -0.3 is 18.9 Å². The van der Waals surface area contributed by atoms with Crippen molar-refractivity contribution in [2.24, 2.45) is 5.10 Å². The predicted molar refractivity (Wildman–Crippen MR) is 108 cm³/mol. The van der Waals surface area contributed by atoms with Crippen LogP contribution in [0.2, 0.25) is 5.02 Å². The van der Waals surface area contributed by atoms with E-state index in [1.165, 1.54) is 27.4 Å². The summed E-state index contributed by atoms with van der Waals surface area (Å²) in [4.78, 5) is 23.2. The Hall–Kier alpha value is -3.26. The average Bonchev–Trinajstić information content (AvgIpc) is 2.69. The number of hydrogen-bond acceptors (Lipinski definition) is 7. The van der Waals surface area contributed by atoms with Gasteiger partial charge in [0.05, 0.1) is 20.4 Å². The molecular weight excluding hydrogens is 400 g/mol. The number of nitrogens with zero attached hydrogens (tertiary/aromatic N) is 1. The highest BCUT2D eigenvalue weighted by molar-refractivity contribution is 6.31. The zero-order valence-electron chi connectivity index (χ0n) is 16.4. The highest BCUT2D eigenvalue weighted by atomic mass is 35.5. The summed E-state index contributed by atoms with van der Waals surface area (Å²) in [5.41, 5.74) is 3.77. The van der Waals surface area contributed by atoms with E-state index in [0.717, 1.165) is 5.56 Å². The van der Waals surface area contributed by atoms with Gasteiger partial charge in [-0.2, -0.15) is 5.10 Å². The summed E-state index contributed by atoms with van der Waals surface area (Å²) in [6.07, 6.45) is 1.40. The first kappa shape index (κ1) is 22.0. The number of rotatable bonds is 8. The fraction of sp³-hybridized carbons (Fsp3) is 0.250. The minimum absolute atomic E-state index is 0.162. The summed E-state index contributed by atoms with van der Waals surface area (Å²) in [6, 6.07) is 8.28. The van der Waals surface area contributed by atoms with Gasteiger partial charge in [-0.15, -0.1) is 0 Å². The number of amides is 1. The van der Waals surface area contributed by atoms with Crippen molar-refractivity contribution in [1.82, 2.24) is 5.43 Å². The Balaban J connectivity index is 2.00. The topological polar surface area (TPSA) is 95.5 Å². The predicted octanol–water partition coefficient (Wildman–Crippen LogP) is 3.12. The van der Waals surface area contributed by atoms with E-state index in [4.69, 9.17) is 30.5 Å². The van der Waals surface area contributed by atoms with E-state index in [0.29, 0.717) is 16.3 Å². The summed E-state index contributed by atoms with van der Waals surface area (Å²) < 4.78 is 21.0. The fourth-order valence-corrected chi connectivity index (χ4v) is 2.40. The molecule has 0 atom stereocenters. The molecule has 0 unspecified atom stereocenters. The van der Waals surface area contributed by atoms with Crippen LogP contribution in [0.25, 0.3) is 0 Å². The van der Waals surface area contributed by atoms with Crippen LogP contribution in [0, 0.1) is 6.92 Å². The number of benzene rings is 2. The summed E-state index contributed by atoms with van der Waals surface area (Å²) in [6.45, 7) is 2.91. The number of nitrogens with one attached hydrogen (secondary N) is 1. The molecule has 0 fully saturated rings. The molecule has 2 aromatic carbocycles. The van der Waals surface area contributed by atoms with Crippen LogP contribution >= 0.6 is 11.6 Å². The second-order valence-corrected chi connectivity index (χ2v) is 6.25. The average molecular weight is 421 g/mol. The monoisotopic (exact) mass is 420 g/mol. The third-order valence-electron chi connectivity index (χ3n) is 3.63. The van der Waals surface area contributed by atoms with Gasteiger partial charge in [0.1, 0.15) is 5.75 Å². The Labute approximate surface area is 173 Å². The lowest BCUT2D eigenvalue weighted by molar-refractivity contribution is -0.132. The molecule has 0 aliphatic carbocycles. The van der Waals surface area contributed by atoms with Gasteiger partial charge in [0.2, 0.25) is 5.75 Å². The zero-order valence-corrected chi connectivity index (χ0v) is 17.2. The van der Waals surface area contributed by atoms with Gasteiger partial charge in [0.15, 0.2) is 18.1 Å². The molecule has 0 radical (unpaired) electrons. The van der Waals surface area contributed by atoms with Crippen molar-refractivity contribution in [3.05, 3.63) is 46.5 Å². The Morgan fingerprint density at radius 1 is 1.14 bits per heavy atom. The Morgan fingerprint density at radius 2 is 1.79 bits per heavy atom. The van der Waals surface area contributed by atoms with Crippen molar-refractivity contribution in [3.8, 4) is 23.0 Å². The number of methoxy groups -OCH3 is 2. The molecule has 2 aromatic rings. The van der Waals surface area contributed by atoms with Crippen LogP contribution in [0.15, 0.2) is 35.4 Å². The summed E-state index contributed by atoms with van der Waals surface area (Å²) in [7, 11) is 2.86. The summed E-state index contributed by atoms with van der Waals surface area (Å²) in [5.74, 6) is 0.315. The van der Waals surface area contributed by atoms with Crippen molar-refractivity contribution >= 4 is 29.7 Å². The number of esters is 1. The van der Waals surface area contributed by atoms with Crippen LogP contribution in [-0.2, 0) is 9.59 Å². The van der Waals surface area contributed by atoms with E-state index >= 15 is 0 Å². The molecule has 0 bridgehead atoms. The number of aryl methyl sites for hydroxylation is 1. The van der Waals surface area contributed by atoms with Crippen molar-refractivity contribution in [2.75, 3.05) is 20.8 Å². The molecule has 0 saturated carbocycles. The van der Waals surface area contributed by atoms with E-state index < -0.39 is 11.9 Å². The quantitative estimate of drug-likeness (QED) is 0.305. The third kappa shape index (κ3) is 6.39. The van der Waals surface area contributed by atoms with Crippen LogP contribution in [-0.4, -0.2) is 38.9 Å². The molecule has 0 aliphatic rings. The smallest absolute Gasteiger partial charge is 0.308 e. The van der Waals surface area contributed by atoms with Gasteiger partial charge in [0, 0.05) is 17.5 Å². The molecule has 29 heavy (non-hydrogen) atoms. The molecule has 8 nitrogen and oxygen atoms in total. The number of carbonyl (C=O) groups excluding carboxylic acids is 2. The molecule has 9 heteroatoms. The molecule has 1 amide bonds. The highest BCUT2D eigenvalue weighted by Gasteiger charge is 2.15. The molecular formula is C20H21ClN2O6. The van der Waals surface area contributed by atoms with E-state index in [9.17, 15) is 9.59 Å². The third-order valence-corrected chi connectivity index (χ3v) is 4.06. The lowest BCUT2D eigenvalue weighted by Crippen LogP contribution is -2.24. The van der Waals surface area contributed by atoms with Gasteiger partial charge in [-0.3, -0.25) is 9.59 Å². The summed E-state index contributed by atoms with van der Waals surface area (Å²) in [5, 5.41) is 4.50. The van der Waals surface area contributed by atoms with E-state index in [-0.39, 0.29) is 23.9 Å². The first-order chi connectivity index (χ1) is 13.8. The highest BCUT2D eigenvalue weighted by Crippen LogP contribution is 2.38. The zero-order chi connectivity index (χ0) is 21.4. The molecule has 154 valence electrons. The Bertz CT molecular complexity index is 904. The summed E-state index contributed by atoms with van der Waals surface area (Å²) >= 11 is 5.95. The van der Waals surface area contributed by atoms with Crippen LogP contribution < -0.4 is 24.4 Å². The van der Waals surface area contributed by atoms with Gasteiger partial charge in [-0.05, 0) is 42.8 Å². The number of halogens is 1. The standard InChI is InChI=1S/C20H21ClN2O6/c1-12-7-15(5-6-16(12)21)28-11-19(25)23-22-10-14-8-17(26-3)20(29-13(2)24)18(9-14)27-4/h5-10H,11H2,1-4H3,(H,23,25)/b22-10-. The molecule has 0 aliphatic heterocycles. The molecule has 0 saturated heterocycles. The van der Waals surface area contributed by atoms with Crippen LogP contribution in [0.4, 0.5) is 0 Å². The molecule has 0 spiro atoms. The van der Waals surface area contributed by atoms with Gasteiger partial charge in [0.25, 0.3) is 5.91 Å². The van der Waals surface area contributed by atoms with Gasteiger partial charge in [-0.25, -0.2) is 5.43 Å². The Morgan fingerprint density at radius 3 is 2.34 bits per heavy atom. The molecule has 1 N–H and O–H groups in total. The SMILES string of the molecule is COc1cc(/C=N\NC(=O)COc2ccc(Cl)c(C)c2)cc(OC)c1OC(C)=O. The largest absolute Gasteiger partial charge is 0.493 e. The van der Waals surface area contributed by atoms with E-state index in [1.54, 1.807) is 30.3 Å². The molecule has 0 aromatic heterocycles. The van der Waals surface area contributed by atoms with Crippen LogP contribution in [0.5, 0.6) is 23.0 Å². The first-order valence-electron chi connectivity index (χ1n) is 8.49. The maximum atomic E-state index is 11.9. The van der Waals surface area contributed by atoms with Crippen molar-refractivity contribution in [3.63, 3.8) is 0 Å². The van der Waals surface area contributed by atoms with Crippen molar-refractivity contribution in [1.29, 1.82) is 0 Å². The van der Waals surface area contributed by atoms with Crippen molar-refractivity contribution < 1.29 is 28.5 Å². The van der Waals surface area contributed by atoms with E-state index in [1.807, 2.05) is 6.92 Å². The minimum Gasteiger partial charge on any atom is -0.493 e. The maximum Gasteiger partial charge on any atom is 0.308 e. The van der Waals surface area contributed by atoms with E-state index in [2.05, 4.69) is 10.5 Å². The second kappa shape index (κ2) is 10.3. The number of hydrazone groups is 1. The van der Waals surface area contributed by atoms with Crippen molar-refractivity contribution in [2.45, 2.75) is 13.8 Å². The number of carbonyl (C=O) groups is 2. The fourth-order valence-electron chi connectivity index (χ4n) is 2.29. The Kier molecular flexibility index (Phi) is 7.85.